The van der Waals surface area contributed by atoms with Crippen molar-refractivity contribution in [1.29, 1.82) is 0 Å². The third kappa shape index (κ3) is 5.37. The molecule has 32 heavy (non-hydrogen) atoms. The predicted octanol–water partition coefficient (Wildman–Crippen LogP) is 4.77. The Morgan fingerprint density at radius 1 is 1.16 bits per heavy atom. The minimum Gasteiger partial charge on any atom is -0.379 e. The molecule has 1 aliphatic heterocycles. The summed E-state index contributed by atoms with van der Waals surface area (Å²) in [7, 11) is 0. The standard InChI is InChI=1S/C26H33N3O2S/c1-4-21-7-5-8-23-25(21)27-26(32-23)29(12-6-11-28-13-15-31-16-14-28)24(30)18-22-10-9-19(2)17-20(22)3/h5,7-10,17H,4,6,11-16,18H2,1-3H3. The highest BCUT2D eigenvalue weighted by Gasteiger charge is 2.22. The van der Waals surface area contributed by atoms with Crippen LogP contribution < -0.4 is 4.90 Å². The molecule has 0 radical (unpaired) electrons. The van der Waals surface area contributed by atoms with Gasteiger partial charge >= 0.3 is 0 Å². The first-order valence-corrected chi connectivity index (χ1v) is 12.4. The van der Waals surface area contributed by atoms with Gasteiger partial charge in [0.25, 0.3) is 0 Å². The van der Waals surface area contributed by atoms with Gasteiger partial charge < -0.3 is 4.74 Å². The second-order valence-corrected chi connectivity index (χ2v) is 9.58. The lowest BCUT2D eigenvalue weighted by molar-refractivity contribution is -0.118. The summed E-state index contributed by atoms with van der Waals surface area (Å²) in [4.78, 5) is 22.8. The van der Waals surface area contributed by atoms with Crippen LogP contribution in [0, 0.1) is 13.8 Å². The normalized spacial score (nSPS) is 14.7. The van der Waals surface area contributed by atoms with E-state index >= 15 is 0 Å². The number of hydrogen-bond donors (Lipinski definition) is 0. The highest BCUT2D eigenvalue weighted by molar-refractivity contribution is 7.22. The first-order chi connectivity index (χ1) is 15.5. The number of fused-ring (bicyclic) bond motifs is 1. The molecule has 0 spiro atoms. The Morgan fingerprint density at radius 3 is 2.72 bits per heavy atom. The van der Waals surface area contributed by atoms with Crippen molar-refractivity contribution in [2.24, 2.45) is 0 Å². The maximum atomic E-state index is 13.5. The molecule has 0 bridgehead atoms. The lowest BCUT2D eigenvalue weighted by Gasteiger charge is -2.27. The molecule has 0 saturated carbocycles. The van der Waals surface area contributed by atoms with E-state index in [0.717, 1.165) is 66.6 Å². The molecule has 2 aromatic carbocycles. The first kappa shape index (κ1) is 22.9. The Labute approximate surface area is 195 Å². The van der Waals surface area contributed by atoms with Gasteiger partial charge in [0.05, 0.1) is 29.9 Å². The summed E-state index contributed by atoms with van der Waals surface area (Å²) in [5.74, 6) is 0.121. The van der Waals surface area contributed by atoms with Crippen LogP contribution in [0.15, 0.2) is 36.4 Å². The number of morpholine rings is 1. The summed E-state index contributed by atoms with van der Waals surface area (Å²) >= 11 is 1.63. The number of aryl methyl sites for hydroxylation is 3. The van der Waals surface area contributed by atoms with Gasteiger partial charge in [0.2, 0.25) is 5.91 Å². The Morgan fingerprint density at radius 2 is 1.97 bits per heavy atom. The molecule has 1 saturated heterocycles. The summed E-state index contributed by atoms with van der Waals surface area (Å²) < 4.78 is 6.61. The Kier molecular flexibility index (Phi) is 7.55. The first-order valence-electron chi connectivity index (χ1n) is 11.6. The fourth-order valence-electron chi connectivity index (χ4n) is 4.30. The van der Waals surface area contributed by atoms with Crippen LogP contribution in [0.5, 0.6) is 0 Å². The van der Waals surface area contributed by atoms with Crippen LogP contribution in [0.3, 0.4) is 0 Å². The zero-order chi connectivity index (χ0) is 22.5. The van der Waals surface area contributed by atoms with Gasteiger partial charge in [-0.2, -0.15) is 0 Å². The topological polar surface area (TPSA) is 45.7 Å². The van der Waals surface area contributed by atoms with Gasteiger partial charge in [0.1, 0.15) is 0 Å². The molecule has 1 fully saturated rings. The molecule has 2 heterocycles. The number of rotatable bonds is 8. The fourth-order valence-corrected chi connectivity index (χ4v) is 5.36. The Balaban J connectivity index is 1.56. The van der Waals surface area contributed by atoms with Crippen LogP contribution in [-0.4, -0.2) is 55.2 Å². The zero-order valence-corrected chi connectivity index (χ0v) is 20.2. The molecule has 1 amide bonds. The minimum absolute atomic E-state index is 0.121. The van der Waals surface area contributed by atoms with Gasteiger partial charge in [-0.05, 0) is 49.4 Å². The van der Waals surface area contributed by atoms with Crippen LogP contribution in [0.2, 0.25) is 0 Å². The van der Waals surface area contributed by atoms with Crippen molar-refractivity contribution in [2.75, 3.05) is 44.3 Å². The van der Waals surface area contributed by atoms with Gasteiger partial charge in [-0.15, -0.1) is 0 Å². The van der Waals surface area contributed by atoms with Crippen LogP contribution in [0.1, 0.15) is 35.6 Å². The number of para-hydroxylation sites is 1. The third-order valence-corrected chi connectivity index (χ3v) is 7.25. The second-order valence-electron chi connectivity index (χ2n) is 8.57. The summed E-state index contributed by atoms with van der Waals surface area (Å²) in [5, 5.41) is 0.817. The summed E-state index contributed by atoms with van der Waals surface area (Å²) in [6.45, 7) is 11.5. The SMILES string of the molecule is CCc1cccc2sc(N(CCCN3CCOCC3)C(=O)Cc3ccc(C)cc3C)nc12. The van der Waals surface area contributed by atoms with Crippen LogP contribution in [0.4, 0.5) is 5.13 Å². The van der Waals surface area contributed by atoms with Gasteiger partial charge in [-0.1, -0.05) is 54.2 Å². The monoisotopic (exact) mass is 451 g/mol. The van der Waals surface area contributed by atoms with Crippen molar-refractivity contribution in [3.05, 3.63) is 58.7 Å². The van der Waals surface area contributed by atoms with E-state index in [2.05, 4.69) is 62.1 Å². The van der Waals surface area contributed by atoms with Crippen molar-refractivity contribution in [3.63, 3.8) is 0 Å². The summed E-state index contributed by atoms with van der Waals surface area (Å²) in [5.41, 5.74) is 5.75. The second kappa shape index (κ2) is 10.6. The molecule has 4 rings (SSSR count). The van der Waals surface area contributed by atoms with E-state index in [1.54, 1.807) is 11.3 Å². The maximum Gasteiger partial charge on any atom is 0.233 e. The molecule has 0 N–H and O–H groups in total. The van der Waals surface area contributed by atoms with E-state index in [-0.39, 0.29) is 5.91 Å². The molecule has 0 aliphatic carbocycles. The number of hydrogen-bond acceptors (Lipinski definition) is 5. The van der Waals surface area contributed by atoms with Gasteiger partial charge in [-0.25, -0.2) is 4.98 Å². The number of nitrogens with zero attached hydrogens (tertiary/aromatic N) is 3. The van der Waals surface area contributed by atoms with Gasteiger partial charge in [-0.3, -0.25) is 14.6 Å². The number of carbonyl (C=O) groups is 1. The van der Waals surface area contributed by atoms with Crippen LogP contribution in [0.25, 0.3) is 10.2 Å². The van der Waals surface area contributed by atoms with E-state index in [1.165, 1.54) is 16.7 Å². The Hall–Kier alpha value is -2.28. The largest absolute Gasteiger partial charge is 0.379 e. The number of thiazole rings is 1. The lowest BCUT2D eigenvalue weighted by atomic mass is 10.0. The lowest BCUT2D eigenvalue weighted by Crippen LogP contribution is -2.39. The van der Waals surface area contributed by atoms with E-state index in [4.69, 9.17) is 9.72 Å². The van der Waals surface area contributed by atoms with Crippen molar-refractivity contribution in [2.45, 2.75) is 40.0 Å². The van der Waals surface area contributed by atoms with Crippen molar-refractivity contribution in [1.82, 2.24) is 9.88 Å². The predicted molar refractivity (Wildman–Crippen MR) is 133 cm³/mol. The highest BCUT2D eigenvalue weighted by Crippen LogP contribution is 2.31. The number of amides is 1. The molecule has 170 valence electrons. The van der Waals surface area contributed by atoms with Crippen molar-refractivity contribution in [3.8, 4) is 0 Å². The average molecular weight is 452 g/mol. The van der Waals surface area contributed by atoms with E-state index in [1.807, 2.05) is 4.90 Å². The van der Waals surface area contributed by atoms with Crippen molar-refractivity contribution < 1.29 is 9.53 Å². The average Bonchev–Trinajstić information content (AvgIpc) is 3.23. The van der Waals surface area contributed by atoms with E-state index in [0.29, 0.717) is 13.0 Å². The molecule has 0 atom stereocenters. The molecule has 5 nitrogen and oxygen atoms in total. The van der Waals surface area contributed by atoms with E-state index in [9.17, 15) is 4.79 Å². The van der Waals surface area contributed by atoms with Crippen LogP contribution >= 0.6 is 11.3 Å². The number of aromatic nitrogens is 1. The number of ether oxygens (including phenoxy) is 1. The third-order valence-electron chi connectivity index (χ3n) is 6.20. The van der Waals surface area contributed by atoms with E-state index < -0.39 is 0 Å². The maximum absolute atomic E-state index is 13.5. The molecule has 6 heteroatoms. The molecule has 0 unspecified atom stereocenters. The summed E-state index contributed by atoms with van der Waals surface area (Å²) in [6, 6.07) is 12.6. The van der Waals surface area contributed by atoms with Crippen molar-refractivity contribution >= 4 is 32.6 Å². The van der Waals surface area contributed by atoms with Crippen LogP contribution in [-0.2, 0) is 22.4 Å². The molecule has 1 aliphatic rings. The molecular formula is C26H33N3O2S. The zero-order valence-electron chi connectivity index (χ0n) is 19.4. The Bertz CT molecular complexity index is 1070. The minimum atomic E-state index is 0.121. The highest BCUT2D eigenvalue weighted by atomic mass is 32.1. The number of benzene rings is 2. The quantitative estimate of drug-likeness (QED) is 0.495. The summed E-state index contributed by atoms with van der Waals surface area (Å²) in [6.07, 6.45) is 2.27. The fraction of sp³-hybridized carbons (Fsp3) is 0.462. The number of carbonyl (C=O) groups excluding carboxylic acids is 1. The number of anilines is 1. The molecule has 3 aromatic rings. The smallest absolute Gasteiger partial charge is 0.233 e. The molecular weight excluding hydrogens is 418 g/mol. The van der Waals surface area contributed by atoms with Gasteiger partial charge in [0.15, 0.2) is 5.13 Å². The molecule has 1 aromatic heterocycles. The van der Waals surface area contributed by atoms with Gasteiger partial charge in [0, 0.05) is 26.2 Å².